The van der Waals surface area contributed by atoms with Gasteiger partial charge in [0.1, 0.15) is 13.1 Å². The van der Waals surface area contributed by atoms with Gasteiger partial charge in [-0.25, -0.2) is 4.79 Å². The first-order valence-electron chi connectivity index (χ1n) is 8.77. The maximum absolute atomic E-state index is 12.9. The van der Waals surface area contributed by atoms with Crippen LogP contribution in [0.15, 0.2) is 18.2 Å². The van der Waals surface area contributed by atoms with Crippen molar-refractivity contribution >= 4 is 23.5 Å². The Morgan fingerprint density at radius 3 is 2.46 bits per heavy atom. The van der Waals surface area contributed by atoms with E-state index >= 15 is 0 Å². The standard InChI is InChI=1S/C19H22N4O3/c1-13-8-14(2)10-16(9-13)21(7-3-6-20)17(24)12-23-18(25)11-22(19(23)26)15-4-5-15/h8-10,15H,3-5,7,11-12H2,1-2H3. The number of imide groups is 1. The molecule has 0 atom stereocenters. The molecule has 1 aromatic carbocycles. The van der Waals surface area contributed by atoms with Crippen molar-refractivity contribution in [1.29, 1.82) is 5.26 Å². The topological polar surface area (TPSA) is 84.7 Å². The summed E-state index contributed by atoms with van der Waals surface area (Å²) in [5, 5.41) is 8.91. The zero-order valence-corrected chi connectivity index (χ0v) is 15.1. The Kier molecular flexibility index (Phi) is 4.94. The molecule has 1 heterocycles. The number of urea groups is 1. The molecule has 1 aliphatic carbocycles. The van der Waals surface area contributed by atoms with E-state index in [9.17, 15) is 14.4 Å². The summed E-state index contributed by atoms with van der Waals surface area (Å²) in [6.07, 6.45) is 2.00. The summed E-state index contributed by atoms with van der Waals surface area (Å²) in [5.41, 5.74) is 2.69. The second-order valence-corrected chi connectivity index (χ2v) is 6.92. The molecule has 7 heteroatoms. The highest BCUT2D eigenvalue weighted by atomic mass is 16.2. The molecule has 136 valence electrons. The Labute approximate surface area is 152 Å². The highest BCUT2D eigenvalue weighted by Gasteiger charge is 2.44. The van der Waals surface area contributed by atoms with E-state index in [0.29, 0.717) is 5.69 Å². The SMILES string of the molecule is Cc1cc(C)cc(N(CCC#N)C(=O)CN2C(=O)CN(C3CC3)C2=O)c1. The second kappa shape index (κ2) is 7.16. The number of amides is 4. The number of benzene rings is 1. The summed E-state index contributed by atoms with van der Waals surface area (Å²) in [6, 6.07) is 7.53. The molecule has 1 saturated heterocycles. The fourth-order valence-corrected chi connectivity index (χ4v) is 3.27. The van der Waals surface area contributed by atoms with E-state index in [1.54, 1.807) is 4.90 Å². The van der Waals surface area contributed by atoms with Gasteiger partial charge in [-0.3, -0.25) is 14.5 Å². The molecule has 1 saturated carbocycles. The van der Waals surface area contributed by atoms with Gasteiger partial charge in [0.05, 0.1) is 12.5 Å². The molecule has 0 aromatic heterocycles. The predicted molar refractivity (Wildman–Crippen MR) is 95.3 cm³/mol. The Hall–Kier alpha value is -2.88. The van der Waals surface area contributed by atoms with E-state index in [4.69, 9.17) is 5.26 Å². The van der Waals surface area contributed by atoms with Crippen LogP contribution in [0.1, 0.15) is 30.4 Å². The summed E-state index contributed by atoms with van der Waals surface area (Å²) in [7, 11) is 0. The summed E-state index contributed by atoms with van der Waals surface area (Å²) in [5.74, 6) is -0.694. The maximum atomic E-state index is 12.9. The van der Waals surface area contributed by atoms with Gasteiger partial charge in [-0.05, 0) is 49.9 Å². The fourth-order valence-electron chi connectivity index (χ4n) is 3.27. The van der Waals surface area contributed by atoms with Crippen LogP contribution in [0.3, 0.4) is 0 Å². The lowest BCUT2D eigenvalue weighted by atomic mass is 10.1. The first-order valence-corrected chi connectivity index (χ1v) is 8.77. The number of carbonyl (C=O) groups excluding carboxylic acids is 3. The smallest absolute Gasteiger partial charge is 0.312 e. The molecule has 0 radical (unpaired) electrons. The number of aryl methyl sites for hydroxylation is 2. The third-order valence-electron chi connectivity index (χ3n) is 4.63. The van der Waals surface area contributed by atoms with Crippen LogP contribution >= 0.6 is 0 Å². The molecular weight excluding hydrogens is 332 g/mol. The lowest BCUT2D eigenvalue weighted by molar-refractivity contribution is -0.129. The summed E-state index contributed by atoms with van der Waals surface area (Å²) < 4.78 is 0. The van der Waals surface area contributed by atoms with E-state index in [2.05, 4.69) is 0 Å². The van der Waals surface area contributed by atoms with Gasteiger partial charge in [-0.2, -0.15) is 5.26 Å². The van der Waals surface area contributed by atoms with Gasteiger partial charge in [-0.15, -0.1) is 0 Å². The summed E-state index contributed by atoms with van der Waals surface area (Å²) >= 11 is 0. The molecule has 26 heavy (non-hydrogen) atoms. The zero-order valence-electron chi connectivity index (χ0n) is 15.1. The molecule has 1 aliphatic heterocycles. The summed E-state index contributed by atoms with van der Waals surface area (Å²) in [6.45, 7) is 3.85. The van der Waals surface area contributed by atoms with Crippen LogP contribution < -0.4 is 4.90 Å². The van der Waals surface area contributed by atoms with Gasteiger partial charge < -0.3 is 9.80 Å². The minimum Gasteiger partial charge on any atom is -0.312 e. The van der Waals surface area contributed by atoms with Crippen molar-refractivity contribution in [1.82, 2.24) is 9.80 Å². The lowest BCUT2D eigenvalue weighted by Crippen LogP contribution is -2.44. The number of nitriles is 1. The summed E-state index contributed by atoms with van der Waals surface area (Å²) in [4.78, 5) is 41.5. The van der Waals surface area contributed by atoms with Crippen molar-refractivity contribution in [2.45, 2.75) is 39.2 Å². The van der Waals surface area contributed by atoms with E-state index in [-0.39, 0.29) is 49.9 Å². The van der Waals surface area contributed by atoms with E-state index < -0.39 is 0 Å². The van der Waals surface area contributed by atoms with Crippen LogP contribution in [0.4, 0.5) is 10.5 Å². The van der Waals surface area contributed by atoms with Crippen LogP contribution in [0.5, 0.6) is 0 Å². The number of rotatable bonds is 6. The van der Waals surface area contributed by atoms with Gasteiger partial charge in [0.25, 0.3) is 5.91 Å². The van der Waals surface area contributed by atoms with Crippen LogP contribution in [0, 0.1) is 25.2 Å². The number of carbonyl (C=O) groups is 3. The molecule has 0 spiro atoms. The van der Waals surface area contributed by atoms with Crippen LogP contribution in [-0.2, 0) is 9.59 Å². The Morgan fingerprint density at radius 1 is 1.23 bits per heavy atom. The second-order valence-electron chi connectivity index (χ2n) is 6.92. The third kappa shape index (κ3) is 3.69. The van der Waals surface area contributed by atoms with Gasteiger partial charge in [-0.1, -0.05) is 6.07 Å². The molecular formula is C19H22N4O3. The molecule has 0 unspecified atom stereocenters. The van der Waals surface area contributed by atoms with Crippen molar-refractivity contribution < 1.29 is 14.4 Å². The molecule has 4 amide bonds. The quantitative estimate of drug-likeness (QED) is 0.731. The number of hydrogen-bond acceptors (Lipinski definition) is 4. The van der Waals surface area contributed by atoms with Crippen LogP contribution in [0.25, 0.3) is 0 Å². The Balaban J connectivity index is 1.78. The fraction of sp³-hybridized carbons (Fsp3) is 0.474. The van der Waals surface area contributed by atoms with Gasteiger partial charge in [0.2, 0.25) is 5.91 Å². The van der Waals surface area contributed by atoms with Gasteiger partial charge in [0.15, 0.2) is 0 Å². The normalized spacial score (nSPS) is 16.8. The van der Waals surface area contributed by atoms with Gasteiger partial charge >= 0.3 is 6.03 Å². The minimum absolute atomic E-state index is 0.0541. The van der Waals surface area contributed by atoms with Crippen molar-refractivity contribution in [3.05, 3.63) is 29.3 Å². The van der Waals surface area contributed by atoms with Crippen LogP contribution in [-0.4, -0.2) is 53.3 Å². The van der Waals surface area contributed by atoms with Crippen LogP contribution in [0.2, 0.25) is 0 Å². The highest BCUT2D eigenvalue weighted by Crippen LogP contribution is 2.30. The lowest BCUT2D eigenvalue weighted by Gasteiger charge is -2.25. The number of nitrogens with zero attached hydrogens (tertiary/aromatic N) is 4. The van der Waals surface area contributed by atoms with E-state index in [0.717, 1.165) is 28.9 Å². The molecule has 0 bridgehead atoms. The van der Waals surface area contributed by atoms with Gasteiger partial charge in [0, 0.05) is 18.3 Å². The largest absolute Gasteiger partial charge is 0.327 e. The zero-order chi connectivity index (χ0) is 18.8. The number of anilines is 1. The first-order chi connectivity index (χ1) is 12.4. The van der Waals surface area contributed by atoms with Crippen molar-refractivity contribution in [2.24, 2.45) is 0 Å². The van der Waals surface area contributed by atoms with E-state index in [1.807, 2.05) is 38.1 Å². The highest BCUT2D eigenvalue weighted by molar-refractivity contribution is 6.07. The Bertz CT molecular complexity index is 774. The minimum atomic E-state index is -0.383. The Morgan fingerprint density at radius 2 is 1.88 bits per heavy atom. The van der Waals surface area contributed by atoms with Crippen molar-refractivity contribution in [2.75, 3.05) is 24.5 Å². The average molecular weight is 354 g/mol. The monoisotopic (exact) mass is 354 g/mol. The van der Waals surface area contributed by atoms with Crippen molar-refractivity contribution in [3.63, 3.8) is 0 Å². The van der Waals surface area contributed by atoms with Crippen molar-refractivity contribution in [3.8, 4) is 6.07 Å². The van der Waals surface area contributed by atoms with E-state index in [1.165, 1.54) is 4.90 Å². The molecule has 0 N–H and O–H groups in total. The molecule has 2 aliphatic rings. The number of hydrogen-bond donors (Lipinski definition) is 0. The molecule has 1 aromatic rings. The third-order valence-corrected chi connectivity index (χ3v) is 4.63. The molecule has 2 fully saturated rings. The molecule has 7 nitrogen and oxygen atoms in total. The maximum Gasteiger partial charge on any atom is 0.327 e. The first kappa shape index (κ1) is 17.9. The average Bonchev–Trinajstić information content (AvgIpc) is 3.37. The molecule has 3 rings (SSSR count). The predicted octanol–water partition coefficient (Wildman–Crippen LogP) is 1.98.